The number of halogens is 4. The van der Waals surface area contributed by atoms with Gasteiger partial charge in [0.1, 0.15) is 10.0 Å². The van der Waals surface area contributed by atoms with Crippen molar-refractivity contribution >= 4 is 57.8 Å². The largest absolute Gasteiger partial charge is 0.356 e. The van der Waals surface area contributed by atoms with Crippen LogP contribution in [0.5, 0.6) is 0 Å². The van der Waals surface area contributed by atoms with Crippen molar-refractivity contribution in [1.29, 1.82) is 0 Å². The normalized spacial score (nSPS) is 9.71. The van der Waals surface area contributed by atoms with Gasteiger partial charge in [0, 0.05) is 22.2 Å². The van der Waals surface area contributed by atoms with Crippen LogP contribution in [0.15, 0.2) is 36.4 Å². The molecule has 0 bridgehead atoms. The molecule has 21 heavy (non-hydrogen) atoms. The number of benzene rings is 2. The molecule has 0 aliphatic rings. The van der Waals surface area contributed by atoms with Crippen molar-refractivity contribution in [3.63, 3.8) is 0 Å². The van der Waals surface area contributed by atoms with Crippen molar-refractivity contribution < 1.29 is 10.4 Å². The zero-order valence-corrected chi connectivity index (χ0v) is 13.2. The van der Waals surface area contributed by atoms with Crippen LogP contribution in [-0.2, 0) is 0 Å². The lowest BCUT2D eigenvalue weighted by molar-refractivity contribution is -0.478. The summed E-state index contributed by atoms with van der Waals surface area (Å²) in [7, 11) is 0. The van der Waals surface area contributed by atoms with Gasteiger partial charge in [-0.2, -0.15) is 0 Å². The van der Waals surface area contributed by atoms with Crippen LogP contribution >= 0.6 is 46.4 Å². The van der Waals surface area contributed by atoms with Gasteiger partial charge in [-0.25, -0.2) is 0 Å². The maximum absolute atomic E-state index is 8.25. The van der Waals surface area contributed by atoms with E-state index in [9.17, 15) is 0 Å². The molecule has 0 radical (unpaired) electrons. The summed E-state index contributed by atoms with van der Waals surface area (Å²) in [5.41, 5.74) is 1.72. The van der Waals surface area contributed by atoms with Crippen LogP contribution in [0.25, 0.3) is 0 Å². The molecular formula is C12H8Cl4N2O3. The number of quaternary nitrogens is 1. The van der Waals surface area contributed by atoms with E-state index in [4.69, 9.17) is 61.7 Å². The molecule has 0 aliphatic heterocycles. The lowest BCUT2D eigenvalue weighted by Gasteiger charge is -2.04. The van der Waals surface area contributed by atoms with E-state index >= 15 is 0 Å². The molecule has 0 fully saturated rings. The summed E-state index contributed by atoms with van der Waals surface area (Å²) in [4.78, 5) is 8.25. The van der Waals surface area contributed by atoms with Crippen LogP contribution < -0.4 is 5.32 Å². The van der Waals surface area contributed by atoms with Crippen LogP contribution in [0.1, 0.15) is 0 Å². The van der Waals surface area contributed by atoms with Crippen LogP contribution in [0.3, 0.4) is 0 Å². The quantitative estimate of drug-likeness (QED) is 0.477. The predicted molar refractivity (Wildman–Crippen MR) is 84.5 cm³/mol. The molecule has 0 unspecified atom stereocenters. The summed E-state index contributed by atoms with van der Waals surface area (Å²) in [5, 5.41) is 19.0. The fourth-order valence-electron chi connectivity index (χ4n) is 1.40. The van der Waals surface area contributed by atoms with E-state index in [0.717, 1.165) is 11.4 Å². The Balaban J connectivity index is 0.000000491. The molecule has 9 heteroatoms. The molecule has 0 atom stereocenters. The third kappa shape index (κ3) is 6.37. The monoisotopic (exact) mass is 368 g/mol. The highest BCUT2D eigenvalue weighted by Crippen LogP contribution is 2.26. The van der Waals surface area contributed by atoms with Gasteiger partial charge in [0.05, 0.1) is 5.09 Å². The summed E-state index contributed by atoms with van der Waals surface area (Å²) >= 11 is 23.8. The van der Waals surface area contributed by atoms with Gasteiger partial charge in [-0.3, -0.25) is 5.32 Å². The van der Waals surface area contributed by atoms with Gasteiger partial charge < -0.3 is 15.3 Å². The smallest absolute Gasteiger partial charge is 0.153 e. The van der Waals surface area contributed by atoms with Crippen molar-refractivity contribution in [3.8, 4) is 0 Å². The lowest BCUT2D eigenvalue weighted by Crippen LogP contribution is -2.71. The standard InChI is InChI=1S/C12H7Cl4N.NO3/c13-7-1-3-11(9(15)5-7)17-12-4-2-8(14)6-10(12)16;2-1(3)4/h1-6,17H;/q;-1/p+1. The van der Waals surface area contributed by atoms with Crippen molar-refractivity contribution in [2.75, 3.05) is 0 Å². The van der Waals surface area contributed by atoms with Gasteiger partial charge in [0.2, 0.25) is 0 Å². The minimum atomic E-state index is -1.75. The van der Waals surface area contributed by atoms with Gasteiger partial charge in [-0.05, 0) is 24.3 Å². The maximum atomic E-state index is 8.25. The van der Waals surface area contributed by atoms with Crippen LogP contribution in [0.4, 0.5) is 11.4 Å². The summed E-state index contributed by atoms with van der Waals surface area (Å²) in [6.07, 6.45) is 0. The highest BCUT2D eigenvalue weighted by Gasteiger charge is 2.10. The number of hydrogen-bond donors (Lipinski definition) is 1. The summed E-state index contributed by atoms with van der Waals surface area (Å²) < 4.78 is 0. The molecule has 0 aliphatic carbocycles. The van der Waals surface area contributed by atoms with Gasteiger partial charge in [-0.15, -0.1) is 0 Å². The van der Waals surface area contributed by atoms with Crippen molar-refractivity contribution in [2.24, 2.45) is 0 Å². The zero-order chi connectivity index (χ0) is 16.0. The number of nitrogens with two attached hydrogens (primary N) is 1. The van der Waals surface area contributed by atoms with E-state index in [1.165, 1.54) is 0 Å². The predicted octanol–water partition coefficient (Wildman–Crippen LogP) is 4.59. The van der Waals surface area contributed by atoms with E-state index in [1.54, 1.807) is 24.3 Å². The molecule has 0 saturated carbocycles. The van der Waals surface area contributed by atoms with Crippen LogP contribution in [0.2, 0.25) is 20.1 Å². The first-order valence-corrected chi connectivity index (χ1v) is 6.87. The van der Waals surface area contributed by atoms with Gasteiger partial charge >= 0.3 is 0 Å². The molecule has 2 N–H and O–H groups in total. The number of hydrogen-bond acceptors (Lipinski definition) is 3. The zero-order valence-electron chi connectivity index (χ0n) is 10.2. The summed E-state index contributed by atoms with van der Waals surface area (Å²) in [5.74, 6) is 0. The summed E-state index contributed by atoms with van der Waals surface area (Å²) in [6, 6.07) is 10.6. The average molecular weight is 370 g/mol. The molecule has 2 aromatic rings. The Kier molecular flexibility index (Phi) is 7.01. The Labute approximate surface area is 140 Å². The Bertz CT molecular complexity index is 599. The number of rotatable bonds is 2. The maximum Gasteiger partial charge on any atom is 0.153 e. The average Bonchev–Trinajstić information content (AvgIpc) is 2.35. The Morgan fingerprint density at radius 3 is 1.43 bits per heavy atom. The fourth-order valence-corrected chi connectivity index (χ4v) is 2.33. The third-order valence-corrected chi connectivity index (χ3v) is 3.36. The molecule has 0 amide bonds. The highest BCUT2D eigenvalue weighted by atomic mass is 35.5. The van der Waals surface area contributed by atoms with Crippen LogP contribution in [-0.4, -0.2) is 5.09 Å². The number of nitrogens with zero attached hydrogens (tertiary/aromatic N) is 1. The first kappa shape index (κ1) is 17.8. The minimum Gasteiger partial charge on any atom is -0.356 e. The molecule has 5 nitrogen and oxygen atoms in total. The van der Waals surface area contributed by atoms with Gasteiger partial charge in [-0.1, -0.05) is 46.4 Å². The molecule has 0 heterocycles. The second-order valence-electron chi connectivity index (χ2n) is 3.70. The Hall–Kier alpha value is -1.24. The molecule has 0 aromatic heterocycles. The molecule has 112 valence electrons. The first-order valence-electron chi connectivity index (χ1n) is 5.36. The Morgan fingerprint density at radius 2 is 1.14 bits per heavy atom. The van der Waals surface area contributed by atoms with E-state index in [1.807, 2.05) is 17.4 Å². The van der Waals surface area contributed by atoms with E-state index < -0.39 is 5.09 Å². The van der Waals surface area contributed by atoms with Crippen LogP contribution in [0, 0.1) is 15.3 Å². The van der Waals surface area contributed by atoms with Gasteiger partial charge in [0.25, 0.3) is 0 Å². The topological polar surface area (TPSA) is 82.8 Å². The van der Waals surface area contributed by atoms with Crippen molar-refractivity contribution in [1.82, 2.24) is 0 Å². The second-order valence-corrected chi connectivity index (χ2v) is 5.39. The Morgan fingerprint density at radius 1 is 0.810 bits per heavy atom. The lowest BCUT2D eigenvalue weighted by atomic mass is 10.2. The van der Waals surface area contributed by atoms with Crippen molar-refractivity contribution in [3.05, 3.63) is 71.8 Å². The van der Waals surface area contributed by atoms with Crippen molar-refractivity contribution in [2.45, 2.75) is 0 Å². The second kappa shape index (κ2) is 8.26. The third-order valence-electron chi connectivity index (χ3n) is 2.24. The van der Waals surface area contributed by atoms with E-state index in [0.29, 0.717) is 20.1 Å². The highest BCUT2D eigenvalue weighted by molar-refractivity contribution is 6.36. The van der Waals surface area contributed by atoms with E-state index in [-0.39, 0.29) is 0 Å². The fraction of sp³-hybridized carbons (Fsp3) is 0. The molecule has 2 aromatic carbocycles. The molecule has 0 saturated heterocycles. The van der Waals surface area contributed by atoms with Gasteiger partial charge in [0.15, 0.2) is 11.4 Å². The summed E-state index contributed by atoms with van der Waals surface area (Å²) in [6.45, 7) is 0. The first-order chi connectivity index (χ1) is 9.79. The molecule has 2 rings (SSSR count). The minimum absolute atomic E-state index is 0.587. The SMILES string of the molecule is Clc1ccc([NH2+]c2ccc(Cl)cc2Cl)c(Cl)c1.O=[N+]([O-])[O-]. The molecule has 0 spiro atoms. The van der Waals surface area contributed by atoms with E-state index in [2.05, 4.69) is 0 Å². The molecular weight excluding hydrogens is 362 g/mol.